The number of nitrogens with zero attached hydrogens (tertiary/aromatic N) is 2. The second-order valence-corrected chi connectivity index (χ2v) is 5.43. The molecule has 2 aliphatic heterocycles. The van der Waals surface area contributed by atoms with Gasteiger partial charge in [0.25, 0.3) is 0 Å². The molecule has 0 aromatic heterocycles. The summed E-state index contributed by atoms with van der Waals surface area (Å²) in [5, 5.41) is 0. The molecular weight excluding hydrogens is 196 g/mol. The van der Waals surface area contributed by atoms with E-state index in [0.29, 0.717) is 0 Å². The van der Waals surface area contributed by atoms with Crippen LogP contribution in [0.5, 0.6) is 0 Å². The predicted molar refractivity (Wildman–Crippen MR) is 71.9 cm³/mol. The lowest BCUT2D eigenvalue weighted by molar-refractivity contribution is 0.349. The molecule has 16 heavy (non-hydrogen) atoms. The van der Waals surface area contributed by atoms with Gasteiger partial charge in [0.1, 0.15) is 0 Å². The standard InChI is InChI=1S/2C7H15N/c2*1-8-6-4-2-3-5-7-8/h2*2-7H2,1H3. The molecule has 0 aromatic rings. The number of rotatable bonds is 0. The summed E-state index contributed by atoms with van der Waals surface area (Å²) in [4.78, 5) is 4.85. The molecule has 2 heteroatoms. The molecule has 2 saturated heterocycles. The highest BCUT2D eigenvalue weighted by Gasteiger charge is 2.02. The lowest BCUT2D eigenvalue weighted by Gasteiger charge is -2.10. The van der Waals surface area contributed by atoms with Crippen molar-refractivity contribution in [1.29, 1.82) is 0 Å². The molecule has 96 valence electrons. The van der Waals surface area contributed by atoms with E-state index in [1.807, 2.05) is 0 Å². The zero-order valence-corrected chi connectivity index (χ0v) is 11.4. The second kappa shape index (κ2) is 9.00. The zero-order valence-electron chi connectivity index (χ0n) is 11.4. The Morgan fingerprint density at radius 2 is 0.688 bits per heavy atom. The highest BCUT2D eigenvalue weighted by Crippen LogP contribution is 2.07. The quantitative estimate of drug-likeness (QED) is 0.626. The van der Waals surface area contributed by atoms with Crippen molar-refractivity contribution >= 4 is 0 Å². The van der Waals surface area contributed by atoms with Crippen LogP contribution in [0.2, 0.25) is 0 Å². The van der Waals surface area contributed by atoms with Crippen LogP contribution in [-0.4, -0.2) is 50.1 Å². The van der Waals surface area contributed by atoms with Crippen molar-refractivity contribution in [2.75, 3.05) is 40.3 Å². The van der Waals surface area contributed by atoms with E-state index in [1.54, 1.807) is 0 Å². The van der Waals surface area contributed by atoms with Crippen molar-refractivity contribution in [2.24, 2.45) is 0 Å². The van der Waals surface area contributed by atoms with Gasteiger partial charge >= 0.3 is 0 Å². The van der Waals surface area contributed by atoms with Crippen molar-refractivity contribution < 1.29 is 0 Å². The summed E-state index contributed by atoms with van der Waals surface area (Å²) in [6.45, 7) is 5.28. The maximum Gasteiger partial charge on any atom is -0.00218 e. The lowest BCUT2D eigenvalue weighted by Crippen LogP contribution is -2.18. The SMILES string of the molecule is CN1CCCCCC1.CN1CCCCCC1. The van der Waals surface area contributed by atoms with Gasteiger partial charge in [-0.05, 0) is 66.0 Å². The smallest absolute Gasteiger partial charge is 0.00218 e. The summed E-state index contributed by atoms with van der Waals surface area (Å²) in [6, 6.07) is 0. The summed E-state index contributed by atoms with van der Waals surface area (Å²) < 4.78 is 0. The fourth-order valence-electron chi connectivity index (χ4n) is 2.46. The summed E-state index contributed by atoms with van der Waals surface area (Å²) >= 11 is 0. The van der Waals surface area contributed by atoms with E-state index in [0.717, 1.165) is 0 Å². The van der Waals surface area contributed by atoms with Gasteiger partial charge in [-0.1, -0.05) is 25.7 Å². The molecule has 0 spiro atoms. The molecule has 0 saturated carbocycles. The van der Waals surface area contributed by atoms with E-state index < -0.39 is 0 Å². The van der Waals surface area contributed by atoms with Crippen molar-refractivity contribution in [1.82, 2.24) is 9.80 Å². The van der Waals surface area contributed by atoms with Crippen molar-refractivity contribution in [2.45, 2.75) is 51.4 Å². The molecule has 0 aromatic carbocycles. The van der Waals surface area contributed by atoms with Crippen molar-refractivity contribution in [3.8, 4) is 0 Å². The Morgan fingerprint density at radius 3 is 0.938 bits per heavy atom. The fraction of sp³-hybridized carbons (Fsp3) is 1.00. The first-order valence-corrected chi connectivity index (χ1v) is 7.16. The van der Waals surface area contributed by atoms with Gasteiger partial charge in [0.2, 0.25) is 0 Å². The highest BCUT2D eigenvalue weighted by molar-refractivity contribution is 4.58. The summed E-state index contributed by atoms with van der Waals surface area (Å²) in [5.41, 5.74) is 0. The van der Waals surface area contributed by atoms with Gasteiger partial charge in [-0.3, -0.25) is 0 Å². The fourth-order valence-corrected chi connectivity index (χ4v) is 2.46. The molecule has 2 fully saturated rings. The molecule has 2 nitrogen and oxygen atoms in total. The minimum absolute atomic E-state index is 1.32. The molecule has 0 atom stereocenters. The molecule has 2 aliphatic rings. The maximum atomic E-state index is 2.42. The van der Waals surface area contributed by atoms with Crippen molar-refractivity contribution in [3.05, 3.63) is 0 Å². The molecular formula is C14H30N2. The van der Waals surface area contributed by atoms with Gasteiger partial charge in [0.05, 0.1) is 0 Å². The molecule has 2 rings (SSSR count). The Morgan fingerprint density at radius 1 is 0.438 bits per heavy atom. The number of hydrogen-bond donors (Lipinski definition) is 0. The average Bonchev–Trinajstić information content (AvgIpc) is 2.64. The summed E-state index contributed by atoms with van der Waals surface area (Å²) in [6.07, 6.45) is 11.4. The Labute approximate surface area is 102 Å². The number of likely N-dealkylation sites (tertiary alicyclic amines) is 2. The van der Waals surface area contributed by atoms with Crippen LogP contribution in [-0.2, 0) is 0 Å². The van der Waals surface area contributed by atoms with E-state index in [4.69, 9.17) is 0 Å². The van der Waals surface area contributed by atoms with E-state index in [9.17, 15) is 0 Å². The monoisotopic (exact) mass is 226 g/mol. The minimum Gasteiger partial charge on any atom is -0.306 e. The van der Waals surface area contributed by atoms with Gasteiger partial charge in [-0.2, -0.15) is 0 Å². The topological polar surface area (TPSA) is 6.48 Å². The van der Waals surface area contributed by atoms with Crippen molar-refractivity contribution in [3.63, 3.8) is 0 Å². The highest BCUT2D eigenvalue weighted by atomic mass is 15.1. The third-order valence-corrected chi connectivity index (χ3v) is 3.66. The molecule has 0 N–H and O–H groups in total. The normalized spacial score (nSPS) is 25.1. The van der Waals surface area contributed by atoms with Gasteiger partial charge in [0, 0.05) is 0 Å². The molecule has 0 bridgehead atoms. The first kappa shape index (κ1) is 14.0. The molecule has 2 heterocycles. The molecule has 0 amide bonds. The molecule has 0 unspecified atom stereocenters. The Kier molecular flexibility index (Phi) is 7.87. The molecule has 0 aliphatic carbocycles. The zero-order chi connectivity index (χ0) is 11.6. The third-order valence-electron chi connectivity index (χ3n) is 3.66. The van der Waals surface area contributed by atoms with E-state index in [2.05, 4.69) is 23.9 Å². The first-order chi connectivity index (χ1) is 7.79. The first-order valence-electron chi connectivity index (χ1n) is 7.16. The average molecular weight is 226 g/mol. The van der Waals surface area contributed by atoms with Crippen LogP contribution in [0.1, 0.15) is 51.4 Å². The van der Waals surface area contributed by atoms with Gasteiger partial charge < -0.3 is 9.80 Å². The summed E-state index contributed by atoms with van der Waals surface area (Å²) in [7, 11) is 4.43. The Balaban J connectivity index is 0.000000160. The van der Waals surface area contributed by atoms with Crippen LogP contribution in [0.3, 0.4) is 0 Å². The largest absolute Gasteiger partial charge is 0.306 e. The van der Waals surface area contributed by atoms with E-state index in [1.165, 1.54) is 77.5 Å². The van der Waals surface area contributed by atoms with E-state index in [-0.39, 0.29) is 0 Å². The Hall–Kier alpha value is -0.0800. The Bertz CT molecular complexity index is 125. The van der Waals surface area contributed by atoms with Crippen LogP contribution in [0.25, 0.3) is 0 Å². The lowest BCUT2D eigenvalue weighted by atomic mass is 10.2. The maximum absolute atomic E-state index is 2.42. The van der Waals surface area contributed by atoms with Crippen LogP contribution < -0.4 is 0 Å². The van der Waals surface area contributed by atoms with Crippen LogP contribution in [0.15, 0.2) is 0 Å². The minimum atomic E-state index is 1.32. The second-order valence-electron chi connectivity index (χ2n) is 5.43. The third kappa shape index (κ3) is 7.24. The van der Waals surface area contributed by atoms with E-state index >= 15 is 0 Å². The van der Waals surface area contributed by atoms with Gasteiger partial charge in [0.15, 0.2) is 0 Å². The number of hydrogen-bond acceptors (Lipinski definition) is 2. The van der Waals surface area contributed by atoms with Gasteiger partial charge in [-0.15, -0.1) is 0 Å². The van der Waals surface area contributed by atoms with Crippen LogP contribution in [0, 0.1) is 0 Å². The summed E-state index contributed by atoms with van der Waals surface area (Å²) in [5.74, 6) is 0. The van der Waals surface area contributed by atoms with Gasteiger partial charge in [-0.25, -0.2) is 0 Å². The molecule has 0 radical (unpaired) electrons. The predicted octanol–water partition coefficient (Wildman–Crippen LogP) is 2.98. The van der Waals surface area contributed by atoms with Crippen LogP contribution in [0.4, 0.5) is 0 Å². The van der Waals surface area contributed by atoms with Crippen LogP contribution >= 0.6 is 0 Å².